The Balaban J connectivity index is 0.000000180. The molecular weight excluding hydrogens is 633 g/mol. The lowest BCUT2D eigenvalue weighted by molar-refractivity contribution is 0.673. The maximum atomic E-state index is 6.47. The Labute approximate surface area is 307 Å². The molecule has 0 saturated heterocycles. The van der Waals surface area contributed by atoms with Gasteiger partial charge in [-0.1, -0.05) is 183 Å². The van der Waals surface area contributed by atoms with Crippen molar-refractivity contribution in [3.05, 3.63) is 187 Å². The molecule has 9 rings (SSSR count). The SMILES string of the molecule is C=N.CC.Cc1ccc(-c2ccccc2)cc1.Cc1cccc(-c2cccc3oc4c5ccccc5c5ccccc5c4c23)c1.Nc1ccccc1. The Bertz CT molecular complexity index is 2480. The van der Waals surface area contributed by atoms with Crippen LogP contribution in [0.2, 0.25) is 0 Å². The number of benzene rings is 8. The lowest BCUT2D eigenvalue weighted by Gasteiger charge is -2.08. The van der Waals surface area contributed by atoms with Gasteiger partial charge in [0.1, 0.15) is 11.2 Å². The van der Waals surface area contributed by atoms with E-state index in [9.17, 15) is 0 Å². The minimum atomic E-state index is 0.822. The van der Waals surface area contributed by atoms with E-state index >= 15 is 0 Å². The van der Waals surface area contributed by atoms with Gasteiger partial charge in [0.25, 0.3) is 0 Å². The summed E-state index contributed by atoms with van der Waals surface area (Å²) in [6.07, 6.45) is 0. The normalized spacial score (nSPS) is 10.2. The smallest absolute Gasteiger partial charge is 0.143 e. The van der Waals surface area contributed by atoms with Gasteiger partial charge in [0.15, 0.2) is 0 Å². The van der Waals surface area contributed by atoms with Crippen LogP contribution in [-0.4, -0.2) is 6.72 Å². The number of hydrogen-bond donors (Lipinski definition) is 2. The maximum Gasteiger partial charge on any atom is 0.143 e. The Morgan fingerprint density at radius 2 is 0.942 bits per heavy atom. The number of hydrogen-bond acceptors (Lipinski definition) is 3. The van der Waals surface area contributed by atoms with Crippen LogP contribution in [0.3, 0.4) is 0 Å². The predicted octanol–water partition coefficient (Wildman–Crippen LogP) is 14.1. The Kier molecular flexibility index (Phi) is 12.7. The first kappa shape index (κ1) is 36.8. The Hall–Kier alpha value is -6.45. The summed E-state index contributed by atoms with van der Waals surface area (Å²) in [6.45, 7) is 10.7. The van der Waals surface area contributed by atoms with Gasteiger partial charge in [-0.25, -0.2) is 0 Å². The number of aryl methyl sites for hydroxylation is 2. The van der Waals surface area contributed by atoms with Crippen molar-refractivity contribution in [3.63, 3.8) is 0 Å². The van der Waals surface area contributed by atoms with Crippen LogP contribution in [0.4, 0.5) is 5.69 Å². The highest BCUT2D eigenvalue weighted by molar-refractivity contribution is 6.32. The highest BCUT2D eigenvalue weighted by atomic mass is 16.3. The van der Waals surface area contributed by atoms with Crippen LogP contribution in [0.5, 0.6) is 0 Å². The lowest BCUT2D eigenvalue weighted by atomic mass is 9.93. The van der Waals surface area contributed by atoms with Gasteiger partial charge in [0.05, 0.1) is 0 Å². The first-order chi connectivity index (χ1) is 25.6. The van der Waals surface area contributed by atoms with Crippen molar-refractivity contribution >= 4 is 55.9 Å². The molecule has 0 aliphatic carbocycles. The molecule has 0 radical (unpaired) electrons. The van der Waals surface area contributed by atoms with Gasteiger partial charge in [-0.05, 0) is 77.2 Å². The highest BCUT2D eigenvalue weighted by Crippen LogP contribution is 2.44. The zero-order valence-corrected chi connectivity index (χ0v) is 30.4. The van der Waals surface area contributed by atoms with Crippen LogP contribution >= 0.6 is 0 Å². The second-order valence-corrected chi connectivity index (χ2v) is 12.1. The number of fused-ring (bicyclic) bond motifs is 8. The minimum absolute atomic E-state index is 0.822. The fourth-order valence-corrected chi connectivity index (χ4v) is 6.33. The van der Waals surface area contributed by atoms with Crippen molar-refractivity contribution in [2.24, 2.45) is 0 Å². The summed E-state index contributed by atoms with van der Waals surface area (Å²) < 4.78 is 6.47. The molecule has 52 heavy (non-hydrogen) atoms. The van der Waals surface area contributed by atoms with Crippen molar-refractivity contribution in [2.45, 2.75) is 27.7 Å². The molecule has 0 aliphatic heterocycles. The number of anilines is 1. The summed E-state index contributed by atoms with van der Waals surface area (Å²) in [4.78, 5) is 0. The number of nitrogens with two attached hydrogens (primary N) is 1. The molecular formula is C49H46N2O. The molecule has 3 nitrogen and oxygen atoms in total. The van der Waals surface area contributed by atoms with E-state index in [2.05, 4.69) is 160 Å². The molecule has 0 aliphatic rings. The van der Waals surface area contributed by atoms with Crippen molar-refractivity contribution in [1.29, 1.82) is 5.41 Å². The molecule has 1 heterocycles. The number of nitrogen functional groups attached to an aromatic ring is 1. The van der Waals surface area contributed by atoms with E-state index < -0.39 is 0 Å². The van der Waals surface area contributed by atoms with E-state index in [1.807, 2.05) is 50.2 Å². The van der Waals surface area contributed by atoms with Gasteiger partial charge >= 0.3 is 0 Å². The molecule has 0 atom stereocenters. The summed E-state index contributed by atoms with van der Waals surface area (Å²) in [7, 11) is 0. The van der Waals surface area contributed by atoms with E-state index in [0.717, 1.165) is 16.9 Å². The van der Waals surface area contributed by atoms with Gasteiger partial charge in [0, 0.05) is 21.8 Å². The number of para-hydroxylation sites is 1. The van der Waals surface area contributed by atoms with Gasteiger partial charge in [0.2, 0.25) is 0 Å². The van der Waals surface area contributed by atoms with Crippen molar-refractivity contribution < 1.29 is 4.42 Å². The second-order valence-electron chi connectivity index (χ2n) is 12.1. The van der Waals surface area contributed by atoms with Gasteiger partial charge in [-0.2, -0.15) is 0 Å². The lowest BCUT2D eigenvalue weighted by Crippen LogP contribution is -1.83. The van der Waals surface area contributed by atoms with E-state index in [0.29, 0.717) is 0 Å². The molecule has 0 bridgehead atoms. The summed E-state index contributed by atoms with van der Waals surface area (Å²) >= 11 is 0. The number of nitrogens with one attached hydrogen (secondary N) is 1. The summed E-state index contributed by atoms with van der Waals surface area (Å²) in [5.41, 5.74) is 15.7. The monoisotopic (exact) mass is 678 g/mol. The van der Waals surface area contributed by atoms with Crippen LogP contribution < -0.4 is 5.73 Å². The third-order valence-corrected chi connectivity index (χ3v) is 8.66. The molecule has 0 unspecified atom stereocenters. The highest BCUT2D eigenvalue weighted by Gasteiger charge is 2.18. The summed E-state index contributed by atoms with van der Waals surface area (Å²) in [6, 6.07) is 60.8. The first-order valence-corrected chi connectivity index (χ1v) is 17.7. The Morgan fingerprint density at radius 3 is 1.54 bits per heavy atom. The van der Waals surface area contributed by atoms with Crippen LogP contribution in [0, 0.1) is 19.3 Å². The van der Waals surface area contributed by atoms with Gasteiger partial charge in [-0.3, -0.25) is 0 Å². The standard InChI is InChI=1S/C27H18O.C13H12.C6H7N.C2H6.CH3N/c1-17-8-6-9-18(16-17)19-14-7-15-24-25(19)26-22-12-4-2-10-20(22)21-11-3-5-13-23(21)27(26)28-24;1-11-7-9-13(10-8-11)12-5-3-2-4-6-12;7-6-4-2-1-3-5-6;2*1-2/h2-16H,1H3;2-10H,1H3;1-5H,7H2;1-2H3;2H,1H2. The third-order valence-electron chi connectivity index (χ3n) is 8.66. The molecule has 8 aromatic carbocycles. The minimum Gasteiger partial charge on any atom is -0.455 e. The van der Waals surface area contributed by atoms with E-state index in [1.54, 1.807) is 0 Å². The van der Waals surface area contributed by atoms with Crippen LogP contribution in [0.25, 0.3) is 65.7 Å². The largest absolute Gasteiger partial charge is 0.455 e. The average molecular weight is 679 g/mol. The topological polar surface area (TPSA) is 63.0 Å². The number of furan rings is 1. The molecule has 258 valence electrons. The van der Waals surface area contributed by atoms with Crippen molar-refractivity contribution in [2.75, 3.05) is 5.73 Å². The molecule has 0 amide bonds. The molecule has 3 heteroatoms. The molecule has 9 aromatic rings. The Morgan fingerprint density at radius 1 is 0.442 bits per heavy atom. The van der Waals surface area contributed by atoms with Crippen molar-refractivity contribution in [1.82, 2.24) is 0 Å². The van der Waals surface area contributed by atoms with Crippen molar-refractivity contribution in [3.8, 4) is 22.3 Å². The van der Waals surface area contributed by atoms with Crippen LogP contribution in [0.1, 0.15) is 25.0 Å². The summed E-state index contributed by atoms with van der Waals surface area (Å²) in [5, 5.41) is 12.8. The predicted molar refractivity (Wildman–Crippen MR) is 228 cm³/mol. The van der Waals surface area contributed by atoms with E-state index in [-0.39, 0.29) is 0 Å². The van der Waals surface area contributed by atoms with Gasteiger partial charge in [-0.15, -0.1) is 0 Å². The molecule has 0 saturated carbocycles. The molecule has 0 fully saturated rings. The fourth-order valence-electron chi connectivity index (χ4n) is 6.33. The van der Waals surface area contributed by atoms with Gasteiger partial charge < -0.3 is 15.6 Å². The van der Waals surface area contributed by atoms with Crippen LogP contribution in [-0.2, 0) is 0 Å². The first-order valence-electron chi connectivity index (χ1n) is 17.7. The molecule has 0 spiro atoms. The number of rotatable bonds is 2. The molecule has 1 aromatic heterocycles. The average Bonchev–Trinajstić information content (AvgIpc) is 3.62. The maximum absolute atomic E-state index is 6.47. The van der Waals surface area contributed by atoms with Crippen LogP contribution in [0.15, 0.2) is 180 Å². The molecule has 3 N–H and O–H groups in total. The zero-order valence-electron chi connectivity index (χ0n) is 30.4. The van der Waals surface area contributed by atoms with E-state index in [4.69, 9.17) is 15.6 Å². The quantitative estimate of drug-likeness (QED) is 0.109. The zero-order chi connectivity index (χ0) is 36.9. The fraction of sp³-hybridized carbons (Fsp3) is 0.0816. The van der Waals surface area contributed by atoms with E-state index in [1.165, 1.54) is 65.7 Å². The summed E-state index contributed by atoms with van der Waals surface area (Å²) in [5.74, 6) is 0. The second kappa shape index (κ2) is 18.0. The third kappa shape index (κ3) is 8.29.